The number of hydrogen-bond donors (Lipinski definition) is 2. The molecule has 0 spiro atoms. The van der Waals surface area contributed by atoms with Crippen molar-refractivity contribution in [2.45, 2.75) is 13.0 Å². The number of rotatable bonds is 1. The molecule has 0 aromatic carbocycles. The zero-order valence-corrected chi connectivity index (χ0v) is 9.96. The molecular formula is C9H13BrN2S. The minimum atomic E-state index is 0.503. The van der Waals surface area contributed by atoms with E-state index >= 15 is 0 Å². The molecule has 2 nitrogen and oxygen atoms in total. The predicted octanol–water partition coefficient (Wildman–Crippen LogP) is 2.05. The van der Waals surface area contributed by atoms with Gasteiger partial charge in [0, 0.05) is 24.5 Å². The third-order valence-electron chi connectivity index (χ3n) is 2.26. The van der Waals surface area contributed by atoms with Crippen LogP contribution in [0.3, 0.4) is 0 Å². The van der Waals surface area contributed by atoms with Crippen molar-refractivity contribution in [2.75, 3.05) is 19.6 Å². The van der Waals surface area contributed by atoms with Gasteiger partial charge in [-0.3, -0.25) is 0 Å². The molecule has 1 aliphatic rings. The molecule has 0 bridgehead atoms. The molecule has 72 valence electrons. The average molecular weight is 261 g/mol. The van der Waals surface area contributed by atoms with Crippen molar-refractivity contribution in [2.24, 2.45) is 0 Å². The van der Waals surface area contributed by atoms with Crippen molar-refractivity contribution in [3.05, 3.63) is 20.3 Å². The number of halogens is 1. The Kier molecular flexibility index (Phi) is 3.03. The number of hydrogen-bond acceptors (Lipinski definition) is 3. The van der Waals surface area contributed by atoms with Gasteiger partial charge in [-0.1, -0.05) is 0 Å². The van der Waals surface area contributed by atoms with E-state index in [0.717, 1.165) is 19.6 Å². The predicted molar refractivity (Wildman–Crippen MR) is 60.4 cm³/mol. The fraction of sp³-hybridized carbons (Fsp3) is 0.556. The van der Waals surface area contributed by atoms with Crippen molar-refractivity contribution >= 4 is 27.3 Å². The van der Waals surface area contributed by atoms with Gasteiger partial charge in [0.15, 0.2) is 0 Å². The van der Waals surface area contributed by atoms with Crippen LogP contribution < -0.4 is 10.6 Å². The number of piperazine rings is 1. The fourth-order valence-electron chi connectivity index (χ4n) is 1.51. The molecule has 1 aromatic rings. The Morgan fingerprint density at radius 3 is 2.92 bits per heavy atom. The van der Waals surface area contributed by atoms with Crippen LogP contribution in [0.5, 0.6) is 0 Å². The lowest BCUT2D eigenvalue weighted by Gasteiger charge is -2.23. The second-order valence-electron chi connectivity index (χ2n) is 3.32. The Labute approximate surface area is 90.9 Å². The molecular weight excluding hydrogens is 248 g/mol. The SMILES string of the molecule is Cc1cc([C@H]2CNCCN2)sc1Br. The van der Waals surface area contributed by atoms with Crippen molar-refractivity contribution in [1.29, 1.82) is 0 Å². The Morgan fingerprint density at radius 1 is 1.54 bits per heavy atom. The van der Waals surface area contributed by atoms with Gasteiger partial charge in [0.05, 0.1) is 9.83 Å². The molecule has 2 heterocycles. The van der Waals surface area contributed by atoms with Crippen molar-refractivity contribution in [3.63, 3.8) is 0 Å². The maximum atomic E-state index is 3.55. The second-order valence-corrected chi connectivity index (χ2v) is 5.72. The molecule has 4 heteroatoms. The van der Waals surface area contributed by atoms with Crippen LogP contribution in [0.1, 0.15) is 16.5 Å². The van der Waals surface area contributed by atoms with Gasteiger partial charge in [0.2, 0.25) is 0 Å². The van der Waals surface area contributed by atoms with Crippen LogP contribution in [0, 0.1) is 6.92 Å². The minimum Gasteiger partial charge on any atom is -0.314 e. The van der Waals surface area contributed by atoms with E-state index in [4.69, 9.17) is 0 Å². The standard InChI is InChI=1S/C9H13BrN2S/c1-6-4-8(13-9(6)10)7-5-11-2-3-12-7/h4,7,11-12H,2-3,5H2,1H3/t7-/m1/s1. The third-order valence-corrected chi connectivity index (χ3v) is 4.51. The monoisotopic (exact) mass is 260 g/mol. The van der Waals surface area contributed by atoms with Crippen LogP contribution in [-0.4, -0.2) is 19.6 Å². The maximum Gasteiger partial charge on any atom is 0.0731 e. The summed E-state index contributed by atoms with van der Waals surface area (Å²) in [5, 5.41) is 6.89. The zero-order valence-electron chi connectivity index (χ0n) is 7.56. The van der Waals surface area contributed by atoms with Gasteiger partial charge in [-0.2, -0.15) is 0 Å². The summed E-state index contributed by atoms with van der Waals surface area (Å²) in [5.41, 5.74) is 1.34. The normalized spacial score (nSPS) is 23.4. The summed E-state index contributed by atoms with van der Waals surface area (Å²) in [7, 11) is 0. The Balaban J connectivity index is 2.14. The topological polar surface area (TPSA) is 24.1 Å². The number of nitrogens with one attached hydrogen (secondary N) is 2. The van der Waals surface area contributed by atoms with Crippen molar-refractivity contribution in [3.8, 4) is 0 Å². The van der Waals surface area contributed by atoms with Crippen LogP contribution in [0.2, 0.25) is 0 Å². The molecule has 1 saturated heterocycles. The molecule has 2 N–H and O–H groups in total. The summed E-state index contributed by atoms with van der Waals surface area (Å²) in [4.78, 5) is 1.43. The Morgan fingerprint density at radius 2 is 2.38 bits per heavy atom. The first-order valence-corrected chi connectivity index (χ1v) is 6.08. The summed E-state index contributed by atoms with van der Waals surface area (Å²) < 4.78 is 1.26. The van der Waals surface area contributed by atoms with Crippen molar-refractivity contribution in [1.82, 2.24) is 10.6 Å². The largest absolute Gasteiger partial charge is 0.314 e. The molecule has 0 saturated carbocycles. The quantitative estimate of drug-likeness (QED) is 0.808. The van der Waals surface area contributed by atoms with Crippen LogP contribution in [0.25, 0.3) is 0 Å². The molecule has 0 amide bonds. The highest BCUT2D eigenvalue weighted by Gasteiger charge is 2.16. The Hall–Kier alpha value is 0.100. The number of thiophene rings is 1. The second kappa shape index (κ2) is 4.09. The minimum absolute atomic E-state index is 0.503. The average Bonchev–Trinajstić information content (AvgIpc) is 2.49. The van der Waals surface area contributed by atoms with E-state index in [0.29, 0.717) is 6.04 Å². The molecule has 0 unspecified atom stereocenters. The smallest absolute Gasteiger partial charge is 0.0731 e. The summed E-state index contributed by atoms with van der Waals surface area (Å²) in [6.07, 6.45) is 0. The van der Waals surface area contributed by atoms with Crippen LogP contribution >= 0.6 is 27.3 Å². The van der Waals surface area contributed by atoms with Crippen LogP contribution in [0.15, 0.2) is 9.85 Å². The highest BCUT2D eigenvalue weighted by atomic mass is 79.9. The van der Waals surface area contributed by atoms with E-state index in [1.165, 1.54) is 14.2 Å². The molecule has 1 fully saturated rings. The molecule has 2 rings (SSSR count). The van der Waals surface area contributed by atoms with Crippen molar-refractivity contribution < 1.29 is 0 Å². The Bertz CT molecular complexity index is 272. The van der Waals surface area contributed by atoms with Gasteiger partial charge in [-0.15, -0.1) is 11.3 Å². The summed E-state index contributed by atoms with van der Waals surface area (Å²) in [6, 6.07) is 2.77. The fourth-order valence-corrected chi connectivity index (χ4v) is 3.16. The van der Waals surface area contributed by atoms with E-state index in [9.17, 15) is 0 Å². The maximum absolute atomic E-state index is 3.55. The first-order valence-electron chi connectivity index (χ1n) is 4.47. The van der Waals surface area contributed by atoms with Gasteiger partial charge in [-0.25, -0.2) is 0 Å². The third kappa shape index (κ3) is 2.13. The molecule has 1 aliphatic heterocycles. The highest BCUT2D eigenvalue weighted by Crippen LogP contribution is 2.31. The summed E-state index contributed by atoms with van der Waals surface area (Å²) in [5.74, 6) is 0. The van der Waals surface area contributed by atoms with E-state index in [-0.39, 0.29) is 0 Å². The van der Waals surface area contributed by atoms with E-state index < -0.39 is 0 Å². The van der Waals surface area contributed by atoms with Gasteiger partial charge >= 0.3 is 0 Å². The summed E-state index contributed by atoms with van der Waals surface area (Å²) >= 11 is 5.39. The van der Waals surface area contributed by atoms with Gasteiger partial charge in [0.25, 0.3) is 0 Å². The van der Waals surface area contributed by atoms with Gasteiger partial charge in [0.1, 0.15) is 0 Å². The lowest BCUT2D eigenvalue weighted by Crippen LogP contribution is -2.42. The van der Waals surface area contributed by atoms with E-state index in [2.05, 4.69) is 39.6 Å². The lowest BCUT2D eigenvalue weighted by atomic mass is 10.2. The van der Waals surface area contributed by atoms with E-state index in [1.54, 1.807) is 0 Å². The molecule has 1 aromatic heterocycles. The van der Waals surface area contributed by atoms with Crippen LogP contribution in [-0.2, 0) is 0 Å². The zero-order chi connectivity index (χ0) is 9.26. The molecule has 0 aliphatic carbocycles. The van der Waals surface area contributed by atoms with E-state index in [1.807, 2.05) is 11.3 Å². The molecule has 13 heavy (non-hydrogen) atoms. The molecule has 0 radical (unpaired) electrons. The first-order chi connectivity index (χ1) is 6.27. The number of aryl methyl sites for hydroxylation is 1. The van der Waals surface area contributed by atoms with Gasteiger partial charge < -0.3 is 10.6 Å². The van der Waals surface area contributed by atoms with Crippen LogP contribution in [0.4, 0.5) is 0 Å². The molecule has 1 atom stereocenters. The summed E-state index contributed by atoms with van der Waals surface area (Å²) in [6.45, 7) is 5.34. The van der Waals surface area contributed by atoms with Gasteiger partial charge in [-0.05, 0) is 34.5 Å². The first kappa shape index (κ1) is 9.65. The highest BCUT2D eigenvalue weighted by molar-refractivity contribution is 9.11. The lowest BCUT2D eigenvalue weighted by molar-refractivity contribution is 0.435.